The van der Waals surface area contributed by atoms with Crippen LogP contribution in [-0.4, -0.2) is 37.2 Å². The van der Waals surface area contributed by atoms with E-state index in [1.807, 2.05) is 24.3 Å². The number of piperidine rings is 1. The van der Waals surface area contributed by atoms with Crippen molar-refractivity contribution in [2.24, 2.45) is 5.73 Å². The van der Waals surface area contributed by atoms with Crippen LogP contribution in [0.1, 0.15) is 19.3 Å². The van der Waals surface area contributed by atoms with Crippen LogP contribution < -0.4 is 10.5 Å². The van der Waals surface area contributed by atoms with Gasteiger partial charge in [0.2, 0.25) is 0 Å². The summed E-state index contributed by atoms with van der Waals surface area (Å²) in [5.41, 5.74) is 5.81. The molecule has 0 bridgehead atoms. The summed E-state index contributed by atoms with van der Waals surface area (Å²) in [7, 11) is 0. The van der Waals surface area contributed by atoms with Crippen LogP contribution in [0, 0.1) is 0 Å². The number of nitrogens with two attached hydrogens (primary N) is 1. The summed E-state index contributed by atoms with van der Waals surface area (Å²) in [6.07, 6.45) is 3.83. The molecule has 1 fully saturated rings. The lowest BCUT2D eigenvalue weighted by atomic mass is 10.0. The second kappa shape index (κ2) is 7.12. The largest absolute Gasteiger partial charge is 0.492 e. The summed E-state index contributed by atoms with van der Waals surface area (Å²) in [6.45, 7) is 3.62. The van der Waals surface area contributed by atoms with E-state index in [1.54, 1.807) is 0 Å². The number of likely N-dealkylation sites (tertiary alicyclic amines) is 1. The first-order chi connectivity index (χ1) is 8.79. The van der Waals surface area contributed by atoms with Gasteiger partial charge in [0, 0.05) is 23.6 Å². The van der Waals surface area contributed by atoms with Crippen molar-refractivity contribution in [2.45, 2.75) is 25.3 Å². The Labute approximate surface area is 117 Å². The molecule has 2 N–H and O–H groups in total. The predicted molar refractivity (Wildman–Crippen MR) is 77.9 cm³/mol. The SMILES string of the molecule is NCC1CCCCN1CCOc1ccc(Br)cc1. The second-order valence-corrected chi connectivity index (χ2v) is 5.64. The van der Waals surface area contributed by atoms with Crippen molar-refractivity contribution in [1.29, 1.82) is 0 Å². The molecule has 1 aromatic carbocycles. The zero-order valence-corrected chi connectivity index (χ0v) is 12.2. The van der Waals surface area contributed by atoms with Crippen molar-refractivity contribution in [3.8, 4) is 5.75 Å². The molecule has 3 nitrogen and oxygen atoms in total. The van der Waals surface area contributed by atoms with E-state index < -0.39 is 0 Å². The van der Waals surface area contributed by atoms with E-state index in [-0.39, 0.29) is 0 Å². The van der Waals surface area contributed by atoms with Crippen LogP contribution in [0.5, 0.6) is 5.75 Å². The zero-order valence-electron chi connectivity index (χ0n) is 10.6. The van der Waals surface area contributed by atoms with E-state index in [0.29, 0.717) is 6.04 Å². The van der Waals surface area contributed by atoms with Gasteiger partial charge in [-0.15, -0.1) is 0 Å². The number of hydrogen-bond acceptors (Lipinski definition) is 3. The Balaban J connectivity index is 1.75. The Morgan fingerprint density at radius 1 is 1.28 bits per heavy atom. The summed E-state index contributed by atoms with van der Waals surface area (Å²) in [6, 6.07) is 8.52. The topological polar surface area (TPSA) is 38.5 Å². The van der Waals surface area contributed by atoms with Crippen molar-refractivity contribution in [3.63, 3.8) is 0 Å². The first-order valence-electron chi connectivity index (χ1n) is 6.62. The minimum absolute atomic E-state index is 0.548. The van der Waals surface area contributed by atoms with E-state index >= 15 is 0 Å². The van der Waals surface area contributed by atoms with Crippen molar-refractivity contribution in [1.82, 2.24) is 4.90 Å². The van der Waals surface area contributed by atoms with Crippen LogP contribution in [0.15, 0.2) is 28.7 Å². The van der Waals surface area contributed by atoms with Gasteiger partial charge in [0.25, 0.3) is 0 Å². The fraction of sp³-hybridized carbons (Fsp3) is 0.571. The first kappa shape index (κ1) is 13.8. The van der Waals surface area contributed by atoms with Gasteiger partial charge in [0.05, 0.1) is 0 Å². The number of rotatable bonds is 5. The van der Waals surface area contributed by atoms with Gasteiger partial charge in [-0.05, 0) is 43.7 Å². The van der Waals surface area contributed by atoms with Crippen LogP contribution in [-0.2, 0) is 0 Å². The van der Waals surface area contributed by atoms with Crippen molar-refractivity contribution in [2.75, 3.05) is 26.2 Å². The minimum Gasteiger partial charge on any atom is -0.492 e. The highest BCUT2D eigenvalue weighted by Crippen LogP contribution is 2.18. The number of ether oxygens (including phenoxy) is 1. The highest BCUT2D eigenvalue weighted by atomic mass is 79.9. The molecule has 2 rings (SSSR count). The minimum atomic E-state index is 0.548. The third-order valence-corrected chi connectivity index (χ3v) is 4.01. The number of halogens is 1. The third-order valence-electron chi connectivity index (χ3n) is 3.48. The molecule has 0 saturated carbocycles. The lowest BCUT2D eigenvalue weighted by Crippen LogP contribution is -2.45. The van der Waals surface area contributed by atoms with E-state index in [4.69, 9.17) is 10.5 Å². The fourth-order valence-corrected chi connectivity index (χ4v) is 2.70. The van der Waals surface area contributed by atoms with Gasteiger partial charge in [-0.3, -0.25) is 4.90 Å². The molecule has 1 unspecified atom stereocenters. The highest BCUT2D eigenvalue weighted by Gasteiger charge is 2.20. The Bertz CT molecular complexity index is 355. The molecule has 1 saturated heterocycles. The molecule has 0 aromatic heterocycles. The Morgan fingerprint density at radius 3 is 2.78 bits per heavy atom. The zero-order chi connectivity index (χ0) is 12.8. The van der Waals surface area contributed by atoms with Crippen molar-refractivity contribution < 1.29 is 4.74 Å². The van der Waals surface area contributed by atoms with Crippen molar-refractivity contribution in [3.05, 3.63) is 28.7 Å². The smallest absolute Gasteiger partial charge is 0.119 e. The second-order valence-electron chi connectivity index (χ2n) is 4.72. The van der Waals surface area contributed by atoms with Gasteiger partial charge in [-0.1, -0.05) is 22.4 Å². The van der Waals surface area contributed by atoms with Crippen molar-refractivity contribution >= 4 is 15.9 Å². The quantitative estimate of drug-likeness (QED) is 0.908. The molecule has 0 spiro atoms. The first-order valence-corrected chi connectivity index (χ1v) is 7.41. The molecule has 1 heterocycles. The molecule has 1 aliphatic rings. The summed E-state index contributed by atoms with van der Waals surface area (Å²) < 4.78 is 6.83. The molecule has 4 heteroatoms. The Kier molecular flexibility index (Phi) is 5.47. The summed E-state index contributed by atoms with van der Waals surface area (Å²) in [5, 5.41) is 0. The summed E-state index contributed by atoms with van der Waals surface area (Å²) in [4.78, 5) is 2.46. The highest BCUT2D eigenvalue weighted by molar-refractivity contribution is 9.10. The Hall–Kier alpha value is -0.580. The average Bonchev–Trinajstić information content (AvgIpc) is 2.41. The molecule has 0 amide bonds. The van der Waals surface area contributed by atoms with Gasteiger partial charge in [0.15, 0.2) is 0 Å². The van der Waals surface area contributed by atoms with Crippen LogP contribution in [0.2, 0.25) is 0 Å². The van der Waals surface area contributed by atoms with Gasteiger partial charge < -0.3 is 10.5 Å². The molecule has 0 radical (unpaired) electrons. The van der Waals surface area contributed by atoms with Crippen LogP contribution in [0.4, 0.5) is 0 Å². The molecule has 100 valence electrons. The average molecular weight is 313 g/mol. The lowest BCUT2D eigenvalue weighted by Gasteiger charge is -2.34. The Morgan fingerprint density at radius 2 is 2.06 bits per heavy atom. The molecular formula is C14H21BrN2O. The lowest BCUT2D eigenvalue weighted by molar-refractivity contribution is 0.127. The maximum Gasteiger partial charge on any atom is 0.119 e. The number of hydrogen-bond donors (Lipinski definition) is 1. The summed E-state index contributed by atoms with van der Waals surface area (Å²) in [5.74, 6) is 0.930. The van der Waals surface area contributed by atoms with E-state index in [9.17, 15) is 0 Å². The van der Waals surface area contributed by atoms with Crippen LogP contribution in [0.3, 0.4) is 0 Å². The molecular weight excluding hydrogens is 292 g/mol. The maximum atomic E-state index is 5.81. The van der Waals surface area contributed by atoms with Gasteiger partial charge in [0.1, 0.15) is 12.4 Å². The normalized spacial score (nSPS) is 20.9. The molecule has 18 heavy (non-hydrogen) atoms. The van der Waals surface area contributed by atoms with E-state index in [0.717, 1.165) is 36.5 Å². The van der Waals surface area contributed by atoms with E-state index in [2.05, 4.69) is 20.8 Å². The van der Waals surface area contributed by atoms with E-state index in [1.165, 1.54) is 19.3 Å². The molecule has 1 aromatic rings. The maximum absolute atomic E-state index is 5.81. The van der Waals surface area contributed by atoms with Crippen LogP contribution >= 0.6 is 15.9 Å². The van der Waals surface area contributed by atoms with Crippen LogP contribution in [0.25, 0.3) is 0 Å². The fourth-order valence-electron chi connectivity index (χ4n) is 2.43. The molecule has 1 aliphatic heterocycles. The molecule has 0 aliphatic carbocycles. The molecule has 1 atom stereocenters. The van der Waals surface area contributed by atoms with Gasteiger partial charge >= 0.3 is 0 Å². The monoisotopic (exact) mass is 312 g/mol. The number of benzene rings is 1. The third kappa shape index (κ3) is 3.97. The number of nitrogens with zero attached hydrogens (tertiary/aromatic N) is 1. The summed E-state index contributed by atoms with van der Waals surface area (Å²) >= 11 is 3.42. The van der Waals surface area contributed by atoms with Gasteiger partial charge in [-0.25, -0.2) is 0 Å². The predicted octanol–water partition coefficient (Wildman–Crippen LogP) is 2.64. The van der Waals surface area contributed by atoms with Gasteiger partial charge in [-0.2, -0.15) is 0 Å². The standard InChI is InChI=1S/C14H21BrN2O/c15-12-4-6-14(7-5-12)18-10-9-17-8-2-1-3-13(17)11-16/h4-7,13H,1-3,8-11,16H2.